The Kier molecular flexibility index (Phi) is 9.54. The van der Waals surface area contributed by atoms with Crippen LogP contribution in [0.25, 0.3) is 6.08 Å². The molecule has 3 aliphatic rings. The van der Waals surface area contributed by atoms with E-state index in [-0.39, 0.29) is 63.3 Å². The lowest BCUT2D eigenvalue weighted by Gasteiger charge is -2.34. The van der Waals surface area contributed by atoms with Crippen molar-refractivity contribution in [1.82, 2.24) is 14.5 Å². The lowest BCUT2D eigenvalue weighted by Crippen LogP contribution is -2.50. The van der Waals surface area contributed by atoms with E-state index in [1.165, 1.54) is 22.5 Å². The smallest absolute Gasteiger partial charge is 0.406 e. The van der Waals surface area contributed by atoms with Gasteiger partial charge in [-0.1, -0.05) is 12.1 Å². The van der Waals surface area contributed by atoms with Crippen molar-refractivity contribution in [2.75, 3.05) is 26.2 Å². The Morgan fingerprint density at radius 2 is 1.80 bits per heavy atom. The van der Waals surface area contributed by atoms with Crippen molar-refractivity contribution >= 4 is 47.2 Å². The summed E-state index contributed by atoms with van der Waals surface area (Å²) in [5, 5.41) is 13.5. The van der Waals surface area contributed by atoms with Crippen LogP contribution in [0.15, 0.2) is 46.8 Å². The van der Waals surface area contributed by atoms with Gasteiger partial charge in [0.25, 0.3) is 11.8 Å². The molecule has 15 heteroatoms. The van der Waals surface area contributed by atoms with Gasteiger partial charge in [-0.2, -0.15) is 17.8 Å². The minimum atomic E-state index is -4.87. The second kappa shape index (κ2) is 12.5. The third-order valence-corrected chi connectivity index (χ3v) is 9.49. The minimum Gasteiger partial charge on any atom is -0.406 e. The predicted octanol–water partition coefficient (Wildman–Crippen LogP) is 3.23. The van der Waals surface area contributed by atoms with Crippen molar-refractivity contribution in [3.05, 3.63) is 69.6 Å². The summed E-state index contributed by atoms with van der Waals surface area (Å²) >= 11 is 0. The molecule has 1 spiro atoms. The number of aliphatic hydroxyl groups excluding tert-OH is 1. The highest BCUT2D eigenvalue weighted by Crippen LogP contribution is 2.33. The van der Waals surface area contributed by atoms with Gasteiger partial charge >= 0.3 is 6.36 Å². The molecule has 3 heterocycles. The van der Waals surface area contributed by atoms with Gasteiger partial charge in [-0.05, 0) is 80.1 Å². The topological polar surface area (TPSA) is 129 Å². The number of ether oxygens (including phenoxy) is 1. The number of halogens is 3. The van der Waals surface area contributed by atoms with Crippen LogP contribution in [0.3, 0.4) is 0 Å². The van der Waals surface area contributed by atoms with Crippen LogP contribution >= 0.6 is 13.5 Å². The first-order valence-electron chi connectivity index (χ1n) is 13.7. The van der Waals surface area contributed by atoms with E-state index in [1.54, 1.807) is 30.9 Å². The maximum Gasteiger partial charge on any atom is 0.573 e. The number of aryl methyl sites for hydroxylation is 2. The molecule has 0 aliphatic carbocycles. The molecule has 10 nitrogen and oxygen atoms in total. The van der Waals surface area contributed by atoms with Gasteiger partial charge in [0.15, 0.2) is 0 Å². The van der Waals surface area contributed by atoms with Crippen LogP contribution in [-0.4, -0.2) is 84.6 Å². The molecule has 0 bridgehead atoms. The first-order chi connectivity index (χ1) is 20.2. The van der Waals surface area contributed by atoms with Gasteiger partial charge in [-0.25, -0.2) is 8.42 Å². The highest BCUT2D eigenvalue weighted by Gasteiger charge is 2.47. The molecule has 3 aliphatic heterocycles. The second-order valence-corrected chi connectivity index (χ2v) is 12.8. The Labute approximate surface area is 260 Å². The van der Waals surface area contributed by atoms with Crippen molar-refractivity contribution in [3.63, 3.8) is 0 Å². The van der Waals surface area contributed by atoms with Crippen LogP contribution in [0.1, 0.15) is 51.9 Å². The third kappa shape index (κ3) is 7.11. The Morgan fingerprint density at radius 3 is 2.39 bits per heavy atom. The molecule has 2 amide bonds. The number of hydrogen-bond acceptors (Lipinski definition) is 7. The molecule has 2 aromatic carbocycles. The molecular formula is C29H33F3N4O6S2. The molecule has 2 saturated heterocycles. The zero-order valence-corrected chi connectivity index (χ0v) is 25.8. The summed E-state index contributed by atoms with van der Waals surface area (Å²) in [6, 6.07) is 8.52. The number of likely N-dealkylation sites (tertiary alicyclic amines) is 1. The van der Waals surface area contributed by atoms with E-state index in [1.807, 2.05) is 0 Å². The van der Waals surface area contributed by atoms with Crippen LogP contribution in [0.2, 0.25) is 0 Å². The number of β-amino-alcohol motifs (C(OH)–C–C–N with tert-alkyl or cyclic N) is 1. The molecule has 2 aromatic rings. The highest BCUT2D eigenvalue weighted by atomic mass is 32.2. The summed E-state index contributed by atoms with van der Waals surface area (Å²) in [6.45, 7) is 4.37. The molecule has 44 heavy (non-hydrogen) atoms. The van der Waals surface area contributed by atoms with Gasteiger partial charge < -0.3 is 20.1 Å². The van der Waals surface area contributed by atoms with E-state index in [2.05, 4.69) is 15.0 Å². The summed E-state index contributed by atoms with van der Waals surface area (Å²) in [7, 11) is -3.87. The first kappa shape index (κ1) is 33.5. The van der Waals surface area contributed by atoms with Gasteiger partial charge in [0.1, 0.15) is 17.1 Å². The lowest BCUT2D eigenvalue weighted by molar-refractivity contribution is -0.274. The number of nitrogens with one attached hydrogen (secondary N) is 1. The summed E-state index contributed by atoms with van der Waals surface area (Å²) in [4.78, 5) is 31.8. The number of amidine groups is 1. The summed E-state index contributed by atoms with van der Waals surface area (Å²) in [5.41, 5.74) is 1.59. The zero-order chi connectivity index (χ0) is 31.2. The molecule has 238 valence electrons. The Balaban J connectivity index is 0.00000442. The largest absolute Gasteiger partial charge is 0.573 e. The Morgan fingerprint density at radius 1 is 1.14 bits per heavy atom. The van der Waals surface area contributed by atoms with Gasteiger partial charge in [0.2, 0.25) is 10.0 Å². The standard InChI is InChI=1S/C29H31F3N4O6S.H2S/c1-18-14-21(26(38)35-10-6-22(37)17-35)15-19(2)24(18)7-13-43(40,41)36-11-8-28(9-12-36)27(39)33-25(34-28)20-4-3-5-23(16-20)42-29(30,31)32;/h3-5,7,13-16,22,37H,6,8-12,17H2,1-2H3,(H,33,34,39);1H2/b13-7+;/t22-;/m0./s1. The van der Waals surface area contributed by atoms with Gasteiger partial charge in [0.05, 0.1) is 6.10 Å². The highest BCUT2D eigenvalue weighted by molar-refractivity contribution is 7.92. The molecular weight excluding hydrogens is 621 g/mol. The van der Waals surface area contributed by atoms with Crippen molar-refractivity contribution in [3.8, 4) is 5.75 Å². The van der Waals surface area contributed by atoms with Crippen LogP contribution in [-0.2, 0) is 14.8 Å². The number of amides is 2. The molecule has 2 fully saturated rings. The second-order valence-electron chi connectivity index (χ2n) is 11.0. The minimum absolute atomic E-state index is 0. The summed E-state index contributed by atoms with van der Waals surface area (Å²) in [6.07, 6.45) is -3.19. The number of aliphatic hydroxyl groups is 1. The number of piperidine rings is 1. The number of carbonyl (C=O) groups excluding carboxylic acids is 2. The number of hydrogen-bond donors (Lipinski definition) is 2. The quantitative estimate of drug-likeness (QED) is 0.493. The van der Waals surface area contributed by atoms with E-state index in [4.69, 9.17) is 0 Å². The fourth-order valence-electron chi connectivity index (χ4n) is 5.65. The van der Waals surface area contributed by atoms with E-state index < -0.39 is 39.7 Å². The SMILES string of the molecule is Cc1cc(C(=O)N2CC[C@H](O)C2)cc(C)c1/C=C/S(=O)(=O)N1CCC2(CC1)N=C(c1cccc(OC(F)(F)F)c1)NC2=O.S. The molecule has 0 radical (unpaired) electrons. The number of sulfonamides is 1. The van der Waals surface area contributed by atoms with Crippen molar-refractivity contribution < 1.29 is 41.0 Å². The van der Waals surface area contributed by atoms with Crippen LogP contribution in [0, 0.1) is 13.8 Å². The average Bonchev–Trinajstić information content (AvgIpc) is 3.50. The number of carbonyl (C=O) groups is 2. The van der Waals surface area contributed by atoms with Crippen LogP contribution < -0.4 is 10.1 Å². The average molecular weight is 655 g/mol. The Bertz CT molecular complexity index is 1600. The van der Waals surface area contributed by atoms with E-state index in [9.17, 15) is 36.3 Å². The number of aliphatic imine (C=N–C) groups is 1. The third-order valence-electron chi connectivity index (χ3n) is 7.93. The van der Waals surface area contributed by atoms with Crippen LogP contribution in [0.4, 0.5) is 13.2 Å². The van der Waals surface area contributed by atoms with Crippen molar-refractivity contribution in [2.45, 2.75) is 51.1 Å². The number of nitrogens with zero attached hydrogens (tertiary/aromatic N) is 3. The van der Waals surface area contributed by atoms with Gasteiger partial charge in [-0.15, -0.1) is 13.2 Å². The number of alkyl halides is 3. The van der Waals surface area contributed by atoms with Crippen molar-refractivity contribution in [1.29, 1.82) is 0 Å². The van der Waals surface area contributed by atoms with Crippen molar-refractivity contribution in [2.24, 2.45) is 4.99 Å². The molecule has 0 aromatic heterocycles. The lowest BCUT2D eigenvalue weighted by atomic mass is 9.89. The number of benzene rings is 2. The maximum absolute atomic E-state index is 13.2. The predicted molar refractivity (Wildman–Crippen MR) is 162 cm³/mol. The van der Waals surface area contributed by atoms with E-state index in [0.717, 1.165) is 28.7 Å². The Hall–Kier alpha value is -3.40. The monoisotopic (exact) mass is 654 g/mol. The normalized spacial score (nSPS) is 20.5. The fourth-order valence-corrected chi connectivity index (χ4v) is 6.83. The maximum atomic E-state index is 13.2. The summed E-state index contributed by atoms with van der Waals surface area (Å²) < 4.78 is 69.5. The van der Waals surface area contributed by atoms with Crippen LogP contribution in [0.5, 0.6) is 5.75 Å². The molecule has 0 saturated carbocycles. The fraction of sp³-hybridized carbons (Fsp3) is 0.414. The molecule has 5 rings (SSSR count). The molecule has 2 N–H and O–H groups in total. The van der Waals surface area contributed by atoms with Gasteiger partial charge in [-0.3, -0.25) is 14.6 Å². The first-order valence-corrected chi connectivity index (χ1v) is 15.2. The number of rotatable bonds is 6. The van der Waals surface area contributed by atoms with E-state index in [0.29, 0.717) is 24.1 Å². The molecule has 0 unspecified atom stereocenters. The zero-order valence-electron chi connectivity index (χ0n) is 24.0. The van der Waals surface area contributed by atoms with Gasteiger partial charge in [0, 0.05) is 42.7 Å². The molecule has 1 atom stereocenters. The van der Waals surface area contributed by atoms with E-state index >= 15 is 0 Å². The summed E-state index contributed by atoms with van der Waals surface area (Å²) in [5.74, 6) is -0.977.